The highest BCUT2D eigenvalue weighted by Gasteiger charge is 2.36. The molecule has 0 N–H and O–H groups in total. The topological polar surface area (TPSA) is 91.8 Å². The molecule has 1 aromatic rings. The Labute approximate surface area is 162 Å². The predicted molar refractivity (Wildman–Crippen MR) is 104 cm³/mol. The van der Waals surface area contributed by atoms with E-state index < -0.39 is 21.0 Å². The first-order valence-electron chi connectivity index (χ1n) is 8.53. The molecule has 0 radical (unpaired) electrons. The van der Waals surface area contributed by atoms with Crippen LogP contribution in [0.15, 0.2) is 35.2 Å². The molecule has 0 aliphatic carbocycles. The van der Waals surface area contributed by atoms with E-state index in [0.717, 1.165) is 22.2 Å². The molecular formula is C18H20N2O5S2. The van der Waals surface area contributed by atoms with E-state index in [4.69, 9.17) is 0 Å². The molecule has 2 heterocycles. The normalized spacial score (nSPS) is 23.2. The van der Waals surface area contributed by atoms with Crippen LogP contribution < -0.4 is 0 Å². The van der Waals surface area contributed by atoms with Crippen LogP contribution in [-0.2, 0) is 19.4 Å². The third kappa shape index (κ3) is 4.59. The number of amides is 3. The van der Waals surface area contributed by atoms with E-state index >= 15 is 0 Å². The lowest BCUT2D eigenvalue weighted by atomic mass is 10.2. The Kier molecular flexibility index (Phi) is 5.71. The Morgan fingerprint density at radius 2 is 2.00 bits per heavy atom. The summed E-state index contributed by atoms with van der Waals surface area (Å²) in [6.45, 7) is -0.0144. The molecule has 2 aliphatic rings. The van der Waals surface area contributed by atoms with Crippen molar-refractivity contribution in [2.75, 3.05) is 25.1 Å². The van der Waals surface area contributed by atoms with Crippen LogP contribution in [-0.4, -0.2) is 66.4 Å². The van der Waals surface area contributed by atoms with Crippen LogP contribution in [0.1, 0.15) is 18.4 Å². The fourth-order valence-corrected chi connectivity index (χ4v) is 5.70. The number of hydrogen-bond acceptors (Lipinski definition) is 6. The van der Waals surface area contributed by atoms with Gasteiger partial charge in [0.1, 0.15) is 0 Å². The van der Waals surface area contributed by atoms with Crippen molar-refractivity contribution >= 4 is 44.7 Å². The fourth-order valence-electron chi connectivity index (χ4n) is 3.06. The minimum Gasteiger partial charge on any atom is -0.342 e. The molecule has 1 aromatic carbocycles. The third-order valence-corrected chi connectivity index (χ3v) is 7.33. The monoisotopic (exact) mass is 408 g/mol. The Balaban J connectivity index is 1.59. The first-order valence-corrected chi connectivity index (χ1v) is 11.2. The van der Waals surface area contributed by atoms with Crippen molar-refractivity contribution in [3.63, 3.8) is 0 Å². The van der Waals surface area contributed by atoms with E-state index in [2.05, 4.69) is 0 Å². The van der Waals surface area contributed by atoms with Gasteiger partial charge in [0.2, 0.25) is 5.91 Å². The number of carbonyl (C=O) groups excluding carboxylic acids is 3. The van der Waals surface area contributed by atoms with Crippen LogP contribution in [0.2, 0.25) is 0 Å². The van der Waals surface area contributed by atoms with Gasteiger partial charge in [-0.15, -0.1) is 0 Å². The number of hydrogen-bond donors (Lipinski definition) is 0. The second kappa shape index (κ2) is 7.85. The molecule has 3 amide bonds. The maximum atomic E-state index is 12.5. The fraction of sp³-hybridized carbons (Fsp3) is 0.389. The van der Waals surface area contributed by atoms with E-state index in [1.807, 2.05) is 30.3 Å². The summed E-state index contributed by atoms with van der Waals surface area (Å²) in [7, 11) is -1.52. The molecule has 2 saturated heterocycles. The first kappa shape index (κ1) is 19.6. The van der Waals surface area contributed by atoms with E-state index in [0.29, 0.717) is 11.3 Å². The second-order valence-electron chi connectivity index (χ2n) is 6.56. The Morgan fingerprint density at radius 1 is 1.30 bits per heavy atom. The van der Waals surface area contributed by atoms with Gasteiger partial charge in [0.15, 0.2) is 9.84 Å². The number of benzene rings is 1. The standard InChI is InChI=1S/C18H20N2O5S2/c1-19(14-8-10-27(24,25)12-14)16(21)7-9-20-17(22)15(26-18(20)23)11-13-5-3-2-4-6-13/h2-6,11,14H,7-10,12H2,1H3/b15-11-/t14-/m1/s1. The van der Waals surface area contributed by atoms with Crippen molar-refractivity contribution in [1.29, 1.82) is 0 Å². The molecule has 2 aliphatic heterocycles. The molecule has 3 rings (SSSR count). The van der Waals surface area contributed by atoms with Crippen LogP contribution >= 0.6 is 11.8 Å². The summed E-state index contributed by atoms with van der Waals surface area (Å²) in [6.07, 6.45) is 2.05. The SMILES string of the molecule is CN(C(=O)CCN1C(=O)S/C(=C\c2ccccc2)C1=O)[C@@H]1CCS(=O)(=O)C1. The minimum absolute atomic E-state index is 0.0144. The first-order chi connectivity index (χ1) is 12.8. The van der Waals surface area contributed by atoms with Gasteiger partial charge in [-0.25, -0.2) is 8.42 Å². The molecule has 144 valence electrons. The largest absolute Gasteiger partial charge is 0.342 e. The molecule has 0 saturated carbocycles. The average molecular weight is 409 g/mol. The van der Waals surface area contributed by atoms with E-state index in [9.17, 15) is 22.8 Å². The summed E-state index contributed by atoms with van der Waals surface area (Å²) >= 11 is 0.856. The number of carbonyl (C=O) groups is 3. The Hall–Kier alpha value is -2.13. The quantitative estimate of drug-likeness (QED) is 0.690. The van der Waals surface area contributed by atoms with Crippen molar-refractivity contribution in [1.82, 2.24) is 9.80 Å². The number of rotatable bonds is 5. The van der Waals surface area contributed by atoms with Gasteiger partial charge in [-0.05, 0) is 29.8 Å². The minimum atomic E-state index is -3.08. The van der Waals surface area contributed by atoms with E-state index in [1.165, 1.54) is 4.90 Å². The smallest absolute Gasteiger partial charge is 0.293 e. The molecule has 7 nitrogen and oxygen atoms in total. The summed E-state index contributed by atoms with van der Waals surface area (Å²) in [5.74, 6) is -0.629. The second-order valence-corrected chi connectivity index (χ2v) is 9.78. The van der Waals surface area contributed by atoms with Gasteiger partial charge in [0, 0.05) is 26.1 Å². The molecule has 0 bridgehead atoms. The van der Waals surface area contributed by atoms with Crippen LogP contribution in [0.5, 0.6) is 0 Å². The molecule has 0 unspecified atom stereocenters. The molecule has 9 heteroatoms. The average Bonchev–Trinajstić information content (AvgIpc) is 3.12. The molecule has 0 spiro atoms. The molecule has 1 atom stereocenters. The third-order valence-electron chi connectivity index (χ3n) is 4.67. The van der Waals surface area contributed by atoms with Crippen molar-refractivity contribution in [2.24, 2.45) is 0 Å². The molecular weight excluding hydrogens is 388 g/mol. The number of thioether (sulfide) groups is 1. The highest BCUT2D eigenvalue weighted by atomic mass is 32.2. The van der Waals surface area contributed by atoms with Crippen LogP contribution in [0.3, 0.4) is 0 Å². The van der Waals surface area contributed by atoms with Crippen LogP contribution in [0.25, 0.3) is 6.08 Å². The predicted octanol–water partition coefficient (Wildman–Crippen LogP) is 1.76. The van der Waals surface area contributed by atoms with Crippen LogP contribution in [0.4, 0.5) is 4.79 Å². The maximum absolute atomic E-state index is 12.5. The Bertz CT molecular complexity index is 896. The van der Waals surface area contributed by atoms with E-state index in [-0.39, 0.29) is 36.4 Å². The van der Waals surface area contributed by atoms with E-state index in [1.54, 1.807) is 13.1 Å². The van der Waals surface area contributed by atoms with Crippen molar-refractivity contribution in [2.45, 2.75) is 18.9 Å². The van der Waals surface area contributed by atoms with Gasteiger partial charge in [-0.2, -0.15) is 0 Å². The number of imide groups is 1. The van der Waals surface area contributed by atoms with Crippen LogP contribution in [0, 0.1) is 0 Å². The van der Waals surface area contributed by atoms with Crippen molar-refractivity contribution in [3.05, 3.63) is 40.8 Å². The highest BCUT2D eigenvalue weighted by molar-refractivity contribution is 8.18. The zero-order valence-electron chi connectivity index (χ0n) is 14.8. The van der Waals surface area contributed by atoms with Gasteiger partial charge in [0.25, 0.3) is 11.1 Å². The van der Waals surface area contributed by atoms with Gasteiger partial charge in [-0.1, -0.05) is 30.3 Å². The number of nitrogens with zero attached hydrogens (tertiary/aromatic N) is 2. The summed E-state index contributed by atoms with van der Waals surface area (Å²) in [6, 6.07) is 8.88. The summed E-state index contributed by atoms with van der Waals surface area (Å²) in [5, 5.41) is -0.402. The maximum Gasteiger partial charge on any atom is 0.293 e. The lowest BCUT2D eigenvalue weighted by molar-refractivity contribution is -0.132. The molecule has 27 heavy (non-hydrogen) atoms. The van der Waals surface area contributed by atoms with Crippen molar-refractivity contribution < 1.29 is 22.8 Å². The van der Waals surface area contributed by atoms with Gasteiger partial charge < -0.3 is 4.90 Å². The lowest BCUT2D eigenvalue weighted by Gasteiger charge is -2.24. The van der Waals surface area contributed by atoms with Gasteiger partial charge in [0.05, 0.1) is 16.4 Å². The number of sulfone groups is 1. The zero-order valence-corrected chi connectivity index (χ0v) is 16.5. The Morgan fingerprint density at radius 3 is 2.63 bits per heavy atom. The summed E-state index contributed by atoms with van der Waals surface area (Å²) in [5.41, 5.74) is 0.821. The zero-order chi connectivity index (χ0) is 19.6. The van der Waals surface area contributed by atoms with Gasteiger partial charge in [-0.3, -0.25) is 19.3 Å². The summed E-state index contributed by atoms with van der Waals surface area (Å²) < 4.78 is 23.1. The lowest BCUT2D eigenvalue weighted by Crippen LogP contribution is -2.40. The highest BCUT2D eigenvalue weighted by Crippen LogP contribution is 2.32. The van der Waals surface area contributed by atoms with Crippen molar-refractivity contribution in [3.8, 4) is 0 Å². The molecule has 2 fully saturated rings. The van der Waals surface area contributed by atoms with Gasteiger partial charge >= 0.3 is 0 Å². The molecule has 0 aromatic heterocycles. The summed E-state index contributed by atoms with van der Waals surface area (Å²) in [4.78, 5) is 39.7.